The summed E-state index contributed by atoms with van der Waals surface area (Å²) < 4.78 is 11.1. The van der Waals surface area contributed by atoms with Crippen molar-refractivity contribution in [1.29, 1.82) is 0 Å². The lowest BCUT2D eigenvalue weighted by Gasteiger charge is -2.15. The lowest BCUT2D eigenvalue weighted by molar-refractivity contribution is 0.213. The van der Waals surface area contributed by atoms with Crippen LogP contribution >= 0.6 is 0 Å². The number of benzene rings is 1. The Hall–Kier alpha value is -2.07. The Kier molecular flexibility index (Phi) is 5.17. The summed E-state index contributed by atoms with van der Waals surface area (Å²) in [5, 5.41) is 10.5. The molecule has 0 bridgehead atoms. The summed E-state index contributed by atoms with van der Waals surface area (Å²) in [7, 11) is 0. The fourth-order valence-electron chi connectivity index (χ4n) is 2.12. The predicted molar refractivity (Wildman–Crippen MR) is 81.8 cm³/mol. The second-order valence-corrected chi connectivity index (χ2v) is 4.68. The highest BCUT2D eigenvalue weighted by atomic mass is 16.5. The van der Waals surface area contributed by atoms with Crippen LogP contribution in [0.3, 0.4) is 0 Å². The Morgan fingerprint density at radius 1 is 1.05 bits per heavy atom. The van der Waals surface area contributed by atoms with E-state index >= 15 is 0 Å². The van der Waals surface area contributed by atoms with Gasteiger partial charge in [-0.15, -0.1) is 0 Å². The number of aliphatic hydroxyl groups excluding tert-OH is 1. The zero-order chi connectivity index (χ0) is 15.2. The summed E-state index contributed by atoms with van der Waals surface area (Å²) in [6, 6.07) is 11.1. The first-order valence-corrected chi connectivity index (χ1v) is 7.16. The number of hydrogen-bond donors (Lipinski definition) is 1. The molecule has 112 valence electrons. The van der Waals surface area contributed by atoms with Crippen molar-refractivity contribution in [2.24, 2.45) is 0 Å². The minimum absolute atomic E-state index is 0.544. The first-order valence-electron chi connectivity index (χ1n) is 7.16. The van der Waals surface area contributed by atoms with E-state index in [9.17, 15) is 5.11 Å². The fourth-order valence-corrected chi connectivity index (χ4v) is 2.12. The zero-order valence-electron chi connectivity index (χ0n) is 12.7. The number of pyridine rings is 1. The van der Waals surface area contributed by atoms with Crippen LogP contribution in [0.4, 0.5) is 0 Å². The van der Waals surface area contributed by atoms with Gasteiger partial charge in [0.2, 0.25) is 0 Å². The Balaban J connectivity index is 2.32. The maximum Gasteiger partial charge on any atom is 0.161 e. The summed E-state index contributed by atoms with van der Waals surface area (Å²) in [6.45, 7) is 6.86. The topological polar surface area (TPSA) is 51.6 Å². The molecule has 0 aliphatic carbocycles. The molecule has 0 saturated carbocycles. The Morgan fingerprint density at radius 3 is 2.43 bits per heavy atom. The number of ether oxygens (including phenoxy) is 2. The molecular weight excluding hydrogens is 266 g/mol. The van der Waals surface area contributed by atoms with E-state index in [2.05, 4.69) is 4.98 Å². The highest BCUT2D eigenvalue weighted by Gasteiger charge is 2.15. The Bertz CT molecular complexity index is 598. The standard InChI is InChI=1S/C17H21NO3/c1-4-20-15-10-9-13(11-16(15)21-5-2)17(19)14-8-6-7-12(3)18-14/h6-11,17,19H,4-5H2,1-3H3. The van der Waals surface area contributed by atoms with Crippen LogP contribution in [0.25, 0.3) is 0 Å². The fraction of sp³-hybridized carbons (Fsp3) is 0.353. The number of nitrogens with zero attached hydrogens (tertiary/aromatic N) is 1. The molecular formula is C17H21NO3. The van der Waals surface area contributed by atoms with Crippen LogP contribution in [-0.2, 0) is 0 Å². The van der Waals surface area contributed by atoms with Gasteiger partial charge in [-0.05, 0) is 50.6 Å². The maximum absolute atomic E-state index is 10.5. The van der Waals surface area contributed by atoms with Crippen LogP contribution in [0.2, 0.25) is 0 Å². The van der Waals surface area contributed by atoms with Gasteiger partial charge in [-0.1, -0.05) is 12.1 Å². The molecule has 0 saturated heterocycles. The van der Waals surface area contributed by atoms with Crippen LogP contribution in [0.1, 0.15) is 36.9 Å². The normalized spacial score (nSPS) is 12.0. The van der Waals surface area contributed by atoms with Crippen molar-refractivity contribution in [2.45, 2.75) is 26.9 Å². The highest BCUT2D eigenvalue weighted by molar-refractivity contribution is 5.45. The van der Waals surface area contributed by atoms with E-state index < -0.39 is 6.10 Å². The maximum atomic E-state index is 10.5. The van der Waals surface area contributed by atoms with E-state index in [1.165, 1.54) is 0 Å². The van der Waals surface area contributed by atoms with E-state index in [0.29, 0.717) is 30.4 Å². The van der Waals surface area contributed by atoms with Gasteiger partial charge in [0, 0.05) is 5.69 Å². The molecule has 0 spiro atoms. The second kappa shape index (κ2) is 7.09. The monoisotopic (exact) mass is 287 g/mol. The van der Waals surface area contributed by atoms with E-state index in [1.54, 1.807) is 0 Å². The first-order chi connectivity index (χ1) is 10.2. The lowest BCUT2D eigenvalue weighted by Crippen LogP contribution is -2.05. The third-order valence-electron chi connectivity index (χ3n) is 3.07. The third-order valence-corrected chi connectivity index (χ3v) is 3.07. The van der Waals surface area contributed by atoms with E-state index in [1.807, 2.05) is 57.2 Å². The molecule has 1 unspecified atom stereocenters. The highest BCUT2D eigenvalue weighted by Crippen LogP contribution is 2.32. The molecule has 0 amide bonds. The molecule has 1 heterocycles. The van der Waals surface area contributed by atoms with Gasteiger partial charge in [0.1, 0.15) is 6.10 Å². The van der Waals surface area contributed by atoms with Gasteiger partial charge in [-0.25, -0.2) is 0 Å². The summed E-state index contributed by atoms with van der Waals surface area (Å²) in [5.41, 5.74) is 2.24. The molecule has 4 heteroatoms. The van der Waals surface area contributed by atoms with Gasteiger partial charge in [0.15, 0.2) is 11.5 Å². The van der Waals surface area contributed by atoms with E-state index in [-0.39, 0.29) is 0 Å². The molecule has 4 nitrogen and oxygen atoms in total. The average molecular weight is 287 g/mol. The summed E-state index contributed by atoms with van der Waals surface area (Å²) in [4.78, 5) is 4.36. The van der Waals surface area contributed by atoms with Crippen LogP contribution < -0.4 is 9.47 Å². The molecule has 0 fully saturated rings. The first kappa shape index (κ1) is 15.3. The Morgan fingerprint density at radius 2 is 1.76 bits per heavy atom. The van der Waals surface area contributed by atoms with Crippen molar-refractivity contribution >= 4 is 0 Å². The Labute approximate surface area is 125 Å². The summed E-state index contributed by atoms with van der Waals surface area (Å²) >= 11 is 0. The molecule has 1 atom stereocenters. The molecule has 1 aromatic carbocycles. The minimum atomic E-state index is -0.778. The van der Waals surface area contributed by atoms with Gasteiger partial charge >= 0.3 is 0 Å². The van der Waals surface area contributed by atoms with Crippen molar-refractivity contribution in [3.8, 4) is 11.5 Å². The van der Waals surface area contributed by atoms with Crippen molar-refractivity contribution < 1.29 is 14.6 Å². The molecule has 0 radical (unpaired) electrons. The van der Waals surface area contributed by atoms with Crippen molar-refractivity contribution in [3.63, 3.8) is 0 Å². The lowest BCUT2D eigenvalue weighted by atomic mass is 10.0. The molecule has 21 heavy (non-hydrogen) atoms. The van der Waals surface area contributed by atoms with E-state index in [4.69, 9.17) is 9.47 Å². The van der Waals surface area contributed by atoms with Crippen LogP contribution in [0.5, 0.6) is 11.5 Å². The molecule has 0 aliphatic heterocycles. The van der Waals surface area contributed by atoms with E-state index in [0.717, 1.165) is 11.3 Å². The zero-order valence-corrected chi connectivity index (χ0v) is 12.7. The van der Waals surface area contributed by atoms with Gasteiger partial charge in [0.05, 0.1) is 18.9 Å². The molecule has 2 rings (SSSR count). The van der Waals surface area contributed by atoms with Crippen molar-refractivity contribution in [3.05, 3.63) is 53.3 Å². The third kappa shape index (κ3) is 3.73. The molecule has 1 N–H and O–H groups in total. The molecule has 1 aromatic heterocycles. The smallest absolute Gasteiger partial charge is 0.161 e. The number of hydrogen-bond acceptors (Lipinski definition) is 4. The van der Waals surface area contributed by atoms with Crippen LogP contribution in [0.15, 0.2) is 36.4 Å². The van der Waals surface area contributed by atoms with Crippen LogP contribution in [-0.4, -0.2) is 23.3 Å². The second-order valence-electron chi connectivity index (χ2n) is 4.68. The average Bonchev–Trinajstić information content (AvgIpc) is 2.49. The van der Waals surface area contributed by atoms with Crippen molar-refractivity contribution in [2.75, 3.05) is 13.2 Å². The van der Waals surface area contributed by atoms with Gasteiger partial charge in [-0.3, -0.25) is 4.98 Å². The van der Waals surface area contributed by atoms with Crippen LogP contribution in [0, 0.1) is 6.92 Å². The number of aryl methyl sites for hydroxylation is 1. The number of rotatable bonds is 6. The summed E-state index contributed by atoms with van der Waals surface area (Å²) in [5.74, 6) is 1.33. The number of aromatic nitrogens is 1. The van der Waals surface area contributed by atoms with Gasteiger partial charge in [0.25, 0.3) is 0 Å². The summed E-state index contributed by atoms with van der Waals surface area (Å²) in [6.07, 6.45) is -0.778. The quantitative estimate of drug-likeness (QED) is 0.886. The molecule has 2 aromatic rings. The van der Waals surface area contributed by atoms with Crippen molar-refractivity contribution in [1.82, 2.24) is 4.98 Å². The molecule has 0 aliphatic rings. The largest absolute Gasteiger partial charge is 0.490 e. The number of aliphatic hydroxyl groups is 1. The van der Waals surface area contributed by atoms with Gasteiger partial charge in [-0.2, -0.15) is 0 Å². The minimum Gasteiger partial charge on any atom is -0.490 e. The van der Waals surface area contributed by atoms with Gasteiger partial charge < -0.3 is 14.6 Å². The SMILES string of the molecule is CCOc1ccc(C(O)c2cccc(C)n2)cc1OCC. The predicted octanol–water partition coefficient (Wildman–Crippen LogP) is 3.27.